The first-order valence-corrected chi connectivity index (χ1v) is 27.2. The number of likely N-dealkylation sites (N-methyl/N-ethyl adjacent to an activating group) is 2. The summed E-state index contributed by atoms with van der Waals surface area (Å²) >= 11 is 13.3. The Morgan fingerprint density at radius 2 is 1.56 bits per heavy atom. The molecule has 6 fully saturated rings. The molecular weight excluding hydrogens is 930 g/mol. The first kappa shape index (κ1) is 49.3. The molecule has 2 bridgehead atoms. The van der Waals surface area contributed by atoms with E-state index in [9.17, 15) is 9.90 Å². The van der Waals surface area contributed by atoms with Gasteiger partial charge in [0.1, 0.15) is 11.5 Å². The zero-order chi connectivity index (χ0) is 49.5. The fourth-order valence-corrected chi connectivity index (χ4v) is 15.9. The fraction of sp³-hybridized carbons (Fsp3) is 0.552. The minimum Gasteiger partial charge on any atom is -0.457 e. The van der Waals surface area contributed by atoms with E-state index < -0.39 is 10.8 Å². The number of benzene rings is 4. The molecule has 1 aliphatic carbocycles. The molecule has 6 heterocycles. The standard InChI is InChI=1S/C58H73Cl2N7O4/c1-7-57-51-27-41(25-37-11-9-8-10-12-37)53(57)64(5)35(2)31-61-50-29-45(26-38-13-17-42(59)18-14-38)65(6)54-48(34-68)62-52(58(50,54)56(57)70)36(3)66(51)33-40-15-19-43(60)28-49(40)71-46-20-16-39-32-67(55(69)47(39)30-46)44-21-23-63(4)24-22-44/h8-20,28,30,35-36,41,44-45,48,50-54,61-62,68H,7,21-27,29,31-34H2,1-6H3/t35-,36-,41+,45-,48+,50?,51?,52?,53?,54?,57?,58?/m0/s1. The van der Waals surface area contributed by atoms with E-state index in [1.54, 1.807) is 0 Å². The summed E-state index contributed by atoms with van der Waals surface area (Å²) in [6.45, 7) is 10.7. The van der Waals surface area contributed by atoms with Crippen LogP contribution in [0.15, 0.2) is 91.0 Å². The molecule has 12 atom stereocenters. The van der Waals surface area contributed by atoms with Gasteiger partial charge in [-0.2, -0.15) is 0 Å². The van der Waals surface area contributed by atoms with Crippen molar-refractivity contribution < 1.29 is 19.4 Å². The van der Waals surface area contributed by atoms with Crippen LogP contribution in [-0.4, -0.2) is 149 Å². The van der Waals surface area contributed by atoms with Crippen molar-refractivity contribution in [1.29, 1.82) is 0 Å². The summed E-state index contributed by atoms with van der Waals surface area (Å²) in [6, 6.07) is 30.2. The number of nitrogens with one attached hydrogen (secondary N) is 2. The second-order valence-electron chi connectivity index (χ2n) is 22.6. The van der Waals surface area contributed by atoms with Crippen LogP contribution in [0.25, 0.3) is 0 Å². The van der Waals surface area contributed by atoms with Gasteiger partial charge < -0.3 is 30.3 Å². The number of aliphatic hydroxyl groups excluding tert-OH is 1. The van der Waals surface area contributed by atoms with Gasteiger partial charge in [-0.25, -0.2) is 0 Å². The van der Waals surface area contributed by atoms with Crippen LogP contribution in [0.2, 0.25) is 10.0 Å². The van der Waals surface area contributed by atoms with Crippen LogP contribution >= 0.6 is 23.2 Å². The Morgan fingerprint density at radius 3 is 2.30 bits per heavy atom. The van der Waals surface area contributed by atoms with Crippen molar-refractivity contribution in [3.8, 4) is 11.5 Å². The molecule has 378 valence electrons. The van der Waals surface area contributed by atoms with Crippen molar-refractivity contribution in [2.75, 3.05) is 47.4 Å². The smallest absolute Gasteiger partial charge is 0.254 e. The number of amides is 1. The number of carbonyl (C=O) groups is 2. The fourth-order valence-electron chi connectivity index (χ4n) is 15.7. The summed E-state index contributed by atoms with van der Waals surface area (Å²) in [6.07, 6.45) is 5.97. The molecule has 0 aromatic heterocycles. The number of nitrogens with zero attached hydrogens (tertiary/aromatic N) is 5. The zero-order valence-electron chi connectivity index (χ0n) is 42.4. The summed E-state index contributed by atoms with van der Waals surface area (Å²) in [4.78, 5) is 43.5. The molecule has 4 aromatic carbocycles. The van der Waals surface area contributed by atoms with E-state index in [1.807, 2.05) is 36.4 Å². The lowest BCUT2D eigenvalue weighted by molar-refractivity contribution is -0.154. The lowest BCUT2D eigenvalue weighted by Gasteiger charge is -2.57. The van der Waals surface area contributed by atoms with E-state index in [2.05, 4.69) is 132 Å². The molecule has 6 aliphatic heterocycles. The third kappa shape index (κ3) is 8.20. The Labute approximate surface area is 431 Å². The number of ether oxygens (including phenoxy) is 1. The van der Waals surface area contributed by atoms with Crippen LogP contribution in [0.1, 0.15) is 85.5 Å². The van der Waals surface area contributed by atoms with Gasteiger partial charge >= 0.3 is 0 Å². The van der Waals surface area contributed by atoms with Crippen molar-refractivity contribution in [1.82, 2.24) is 35.1 Å². The number of halogens is 2. The summed E-state index contributed by atoms with van der Waals surface area (Å²) in [5.74, 6) is 1.87. The van der Waals surface area contributed by atoms with E-state index in [0.717, 1.165) is 69.3 Å². The van der Waals surface area contributed by atoms with E-state index in [4.69, 9.17) is 27.9 Å². The Kier molecular flexibility index (Phi) is 13.5. The Morgan fingerprint density at radius 1 is 0.831 bits per heavy atom. The summed E-state index contributed by atoms with van der Waals surface area (Å²) in [7, 11) is 6.64. The molecule has 7 aliphatic rings. The number of Topliss-reactive ketones (excluding diaryl/α,β-unsaturated/α-hetero) is 1. The molecule has 5 saturated heterocycles. The van der Waals surface area contributed by atoms with Crippen LogP contribution < -0.4 is 15.4 Å². The maximum atomic E-state index is 17.4. The van der Waals surface area contributed by atoms with Gasteiger partial charge in [-0.1, -0.05) is 84.7 Å². The van der Waals surface area contributed by atoms with Gasteiger partial charge in [-0.05, 0) is 152 Å². The van der Waals surface area contributed by atoms with Gasteiger partial charge in [0, 0.05) is 101 Å². The van der Waals surface area contributed by atoms with Gasteiger partial charge in [-0.15, -0.1) is 0 Å². The lowest BCUT2D eigenvalue weighted by Crippen LogP contribution is -2.73. The molecule has 11 nitrogen and oxygen atoms in total. The Bertz CT molecular complexity index is 2610. The number of aliphatic hydroxyl groups is 1. The maximum Gasteiger partial charge on any atom is 0.254 e. The van der Waals surface area contributed by atoms with E-state index in [0.29, 0.717) is 52.4 Å². The minimum absolute atomic E-state index is 0.0477. The molecular formula is C58H73Cl2N7O4. The minimum atomic E-state index is -0.871. The van der Waals surface area contributed by atoms with Gasteiger partial charge in [0.15, 0.2) is 5.78 Å². The van der Waals surface area contributed by atoms with Gasteiger partial charge in [0.05, 0.1) is 17.4 Å². The van der Waals surface area contributed by atoms with Crippen LogP contribution in [0.4, 0.5) is 0 Å². The van der Waals surface area contributed by atoms with Crippen LogP contribution in [0, 0.1) is 16.7 Å². The highest BCUT2D eigenvalue weighted by Gasteiger charge is 2.77. The third-order valence-corrected chi connectivity index (χ3v) is 19.6. The number of hydrogen-bond acceptors (Lipinski definition) is 10. The lowest BCUT2D eigenvalue weighted by atomic mass is 9.54. The first-order valence-electron chi connectivity index (χ1n) is 26.5. The summed E-state index contributed by atoms with van der Waals surface area (Å²) in [5, 5.41) is 21.1. The van der Waals surface area contributed by atoms with E-state index in [1.165, 1.54) is 11.1 Å². The highest BCUT2D eigenvalue weighted by atomic mass is 35.5. The topological polar surface area (TPSA) is 104 Å². The molecule has 71 heavy (non-hydrogen) atoms. The number of ketones is 1. The predicted molar refractivity (Wildman–Crippen MR) is 281 cm³/mol. The number of carbonyl (C=O) groups excluding carboxylic acids is 2. The van der Waals surface area contributed by atoms with Crippen molar-refractivity contribution in [2.24, 2.45) is 16.7 Å². The molecule has 1 spiro atoms. The first-order chi connectivity index (χ1) is 34.3. The predicted octanol–water partition coefficient (Wildman–Crippen LogP) is 7.93. The van der Waals surface area contributed by atoms with Crippen LogP contribution in [0.3, 0.4) is 0 Å². The van der Waals surface area contributed by atoms with Crippen molar-refractivity contribution in [3.63, 3.8) is 0 Å². The Balaban J connectivity index is 1.01. The number of likely N-dealkylation sites (tertiary alicyclic amines) is 3. The molecule has 4 aromatic rings. The third-order valence-electron chi connectivity index (χ3n) is 19.1. The SMILES string of the molecule is CCC12C(=O)C34C5C[C@H](Cc6ccc(Cl)cc6)N(C)C3[C@@H](CO)NC4[C@H](C)N(Cc3ccc(Cl)cc3Oc3ccc4c(c3)C(=O)N(C3CCN(C)CC3)C4)C1C[C@@H](Cc1ccccc1)C2N(C)[C@@H](C)CN5. The second-order valence-corrected chi connectivity index (χ2v) is 23.5. The summed E-state index contributed by atoms with van der Waals surface area (Å²) in [5.41, 5.74) is 3.58. The quantitative estimate of drug-likeness (QED) is 0.137. The molecule has 3 N–H and O–H groups in total. The highest BCUT2D eigenvalue weighted by molar-refractivity contribution is 6.31. The van der Waals surface area contributed by atoms with E-state index >= 15 is 4.79 Å². The van der Waals surface area contributed by atoms with Crippen molar-refractivity contribution in [2.45, 2.75) is 139 Å². The van der Waals surface area contributed by atoms with E-state index in [-0.39, 0.29) is 78.9 Å². The van der Waals surface area contributed by atoms with Gasteiger partial charge in [0.2, 0.25) is 0 Å². The molecule has 1 saturated carbocycles. The van der Waals surface area contributed by atoms with Crippen molar-refractivity contribution in [3.05, 3.63) is 129 Å². The average Bonchev–Trinajstić information content (AvgIpc) is 4.01. The zero-order valence-corrected chi connectivity index (χ0v) is 43.9. The van der Waals surface area contributed by atoms with Gasteiger partial charge in [-0.3, -0.25) is 24.3 Å². The maximum absolute atomic E-state index is 17.4. The molecule has 0 radical (unpaired) electrons. The molecule has 13 heteroatoms. The number of rotatable bonds is 11. The van der Waals surface area contributed by atoms with Crippen LogP contribution in [-0.2, 0) is 30.7 Å². The highest BCUT2D eigenvalue weighted by Crippen LogP contribution is 2.63. The van der Waals surface area contributed by atoms with Gasteiger partial charge in [0.25, 0.3) is 5.91 Å². The largest absolute Gasteiger partial charge is 0.457 e. The second kappa shape index (κ2) is 19.4. The number of hydrogen-bond donors (Lipinski definition) is 3. The monoisotopic (exact) mass is 1000 g/mol. The normalized spacial score (nSPS) is 34.7. The molecule has 11 rings (SSSR count). The van der Waals surface area contributed by atoms with Crippen molar-refractivity contribution >= 4 is 34.9 Å². The summed E-state index contributed by atoms with van der Waals surface area (Å²) < 4.78 is 6.92. The Hall–Kier alpha value is -3.88. The molecule has 7 unspecified atom stereocenters. The number of fused-ring (bicyclic) bond motifs is 1. The molecule has 1 amide bonds. The van der Waals surface area contributed by atoms with Crippen LogP contribution in [0.5, 0.6) is 11.5 Å². The number of piperidine rings is 2. The average molecular weight is 1000 g/mol.